The molecule has 2 bridgehead atoms. The summed E-state index contributed by atoms with van der Waals surface area (Å²) < 4.78 is 21.8. The summed E-state index contributed by atoms with van der Waals surface area (Å²) in [6.45, 7) is 5.52. The summed E-state index contributed by atoms with van der Waals surface area (Å²) in [6, 6.07) is -0.361. The van der Waals surface area contributed by atoms with Crippen LogP contribution in [-0.4, -0.2) is 56.9 Å². The lowest BCUT2D eigenvalue weighted by Gasteiger charge is -2.45. The maximum atomic E-state index is 15.6. The normalized spacial score (nSPS) is 30.3. The van der Waals surface area contributed by atoms with Crippen LogP contribution < -0.4 is 4.90 Å². The summed E-state index contributed by atoms with van der Waals surface area (Å²) in [5, 5.41) is 0. The average molecular weight is 441 g/mol. The lowest BCUT2D eigenvalue weighted by Crippen LogP contribution is -2.60. The van der Waals surface area contributed by atoms with E-state index < -0.39 is 23.9 Å². The molecule has 1 aromatic rings. The van der Waals surface area contributed by atoms with Crippen molar-refractivity contribution in [2.75, 3.05) is 4.90 Å². The van der Waals surface area contributed by atoms with Crippen molar-refractivity contribution < 1.29 is 13.9 Å². The molecule has 3 aliphatic rings. The fourth-order valence-corrected chi connectivity index (χ4v) is 4.61. The Kier molecular flexibility index (Phi) is 4.81. The molecule has 148 valence electrons. The number of hydrogen-bond acceptors (Lipinski definition) is 5. The zero-order chi connectivity index (χ0) is 19.3. The first-order chi connectivity index (χ1) is 12.7. The average Bonchev–Trinajstić information content (AvgIpc) is 3.34. The third-order valence-electron chi connectivity index (χ3n) is 5.57. The number of carbonyl (C=O) groups is 1. The van der Waals surface area contributed by atoms with Crippen LogP contribution in [0.2, 0.25) is 0 Å². The second kappa shape index (κ2) is 6.87. The number of aromatic nitrogens is 2. The molecule has 0 spiro atoms. The van der Waals surface area contributed by atoms with Gasteiger partial charge in [0.25, 0.3) is 0 Å². The molecule has 27 heavy (non-hydrogen) atoms. The SMILES string of the molecule is CC(C)(C)OC(=O)N1C2CCC1[C@H](F)[C@H](N(c1cnc(Br)cn1)C1CC1)C2. The van der Waals surface area contributed by atoms with Gasteiger partial charge in [-0.3, -0.25) is 4.90 Å². The minimum atomic E-state index is -1.12. The monoisotopic (exact) mass is 440 g/mol. The van der Waals surface area contributed by atoms with Crippen molar-refractivity contribution in [2.45, 2.75) is 88.8 Å². The molecule has 1 aromatic heterocycles. The smallest absolute Gasteiger partial charge is 0.410 e. The van der Waals surface area contributed by atoms with Gasteiger partial charge in [-0.15, -0.1) is 0 Å². The first-order valence-corrected chi connectivity index (χ1v) is 10.4. The molecule has 3 heterocycles. The van der Waals surface area contributed by atoms with Crippen LogP contribution in [0.5, 0.6) is 0 Å². The molecule has 6 nitrogen and oxygen atoms in total. The number of piperidine rings is 1. The third-order valence-corrected chi connectivity index (χ3v) is 5.98. The van der Waals surface area contributed by atoms with E-state index in [1.165, 1.54) is 0 Å². The maximum absolute atomic E-state index is 15.6. The Balaban J connectivity index is 1.56. The van der Waals surface area contributed by atoms with Crippen molar-refractivity contribution in [3.63, 3.8) is 0 Å². The molecule has 2 aliphatic heterocycles. The second-order valence-electron chi connectivity index (χ2n) is 8.77. The van der Waals surface area contributed by atoms with Gasteiger partial charge in [-0.2, -0.15) is 0 Å². The Morgan fingerprint density at radius 2 is 2.00 bits per heavy atom. The Bertz CT molecular complexity index is 707. The predicted octanol–water partition coefficient (Wildman–Crippen LogP) is 4.09. The summed E-state index contributed by atoms with van der Waals surface area (Å²) in [6.07, 6.45) is 6.06. The number of alkyl halides is 1. The Morgan fingerprint density at radius 1 is 1.26 bits per heavy atom. The molecule has 1 amide bonds. The second-order valence-corrected chi connectivity index (χ2v) is 9.58. The van der Waals surface area contributed by atoms with E-state index in [1.54, 1.807) is 17.3 Å². The number of hydrogen-bond donors (Lipinski definition) is 0. The van der Waals surface area contributed by atoms with Gasteiger partial charge in [0.2, 0.25) is 0 Å². The standard InChI is InChI=1S/C19H26BrFN4O2/c1-19(2,3)27-18(26)25-12-6-7-13(25)17(21)14(8-12)24(11-4-5-11)16-10-22-15(20)9-23-16/h9-14,17H,4-8H2,1-3H3/t12?,13?,14-,17+/m1/s1. The highest BCUT2D eigenvalue weighted by atomic mass is 79.9. The zero-order valence-corrected chi connectivity index (χ0v) is 17.5. The molecule has 8 heteroatoms. The van der Waals surface area contributed by atoms with E-state index in [4.69, 9.17) is 4.74 Å². The van der Waals surface area contributed by atoms with Crippen LogP contribution in [0.15, 0.2) is 17.0 Å². The van der Waals surface area contributed by atoms with Crippen LogP contribution in [0.4, 0.5) is 15.0 Å². The fourth-order valence-electron chi connectivity index (χ4n) is 4.41. The van der Waals surface area contributed by atoms with Crippen molar-refractivity contribution in [1.82, 2.24) is 14.9 Å². The molecule has 4 rings (SSSR count). The largest absolute Gasteiger partial charge is 0.444 e. The third kappa shape index (κ3) is 3.77. The highest BCUT2D eigenvalue weighted by molar-refractivity contribution is 9.10. The quantitative estimate of drug-likeness (QED) is 0.708. The number of fused-ring (bicyclic) bond motifs is 2. The van der Waals surface area contributed by atoms with Gasteiger partial charge in [0.1, 0.15) is 22.2 Å². The van der Waals surface area contributed by atoms with E-state index >= 15 is 4.39 Å². The molecule has 0 N–H and O–H groups in total. The van der Waals surface area contributed by atoms with E-state index in [1.807, 2.05) is 20.8 Å². The molecule has 1 aliphatic carbocycles. The molecule has 0 aromatic carbocycles. The molecule has 3 fully saturated rings. The molecule has 2 unspecified atom stereocenters. The number of rotatable bonds is 3. The van der Waals surface area contributed by atoms with Gasteiger partial charge in [0.05, 0.1) is 24.5 Å². The number of carbonyl (C=O) groups excluding carboxylic acids is 1. The van der Waals surface area contributed by atoms with E-state index in [0.717, 1.165) is 25.1 Å². The van der Waals surface area contributed by atoms with Gasteiger partial charge in [-0.05, 0) is 68.8 Å². The lowest BCUT2D eigenvalue weighted by atomic mass is 9.94. The number of anilines is 1. The van der Waals surface area contributed by atoms with Gasteiger partial charge in [-0.25, -0.2) is 19.2 Å². The minimum Gasteiger partial charge on any atom is -0.444 e. The minimum absolute atomic E-state index is 0.0199. The summed E-state index contributed by atoms with van der Waals surface area (Å²) >= 11 is 3.31. The van der Waals surface area contributed by atoms with Crippen LogP contribution in [0.3, 0.4) is 0 Å². The summed E-state index contributed by atoms with van der Waals surface area (Å²) in [4.78, 5) is 25.2. The topological polar surface area (TPSA) is 58.6 Å². The molecular formula is C19H26BrFN4O2. The number of amides is 1. The van der Waals surface area contributed by atoms with Crippen molar-refractivity contribution in [3.8, 4) is 0 Å². The molecule has 2 saturated heterocycles. The highest BCUT2D eigenvalue weighted by Crippen LogP contribution is 2.44. The Hall–Kier alpha value is -1.44. The van der Waals surface area contributed by atoms with Crippen molar-refractivity contribution in [2.24, 2.45) is 0 Å². The number of ether oxygens (including phenoxy) is 1. The Labute approximate surface area is 167 Å². The van der Waals surface area contributed by atoms with Crippen molar-refractivity contribution >= 4 is 27.8 Å². The zero-order valence-electron chi connectivity index (χ0n) is 15.9. The molecular weight excluding hydrogens is 415 g/mol. The summed E-state index contributed by atoms with van der Waals surface area (Å²) in [5.74, 6) is 0.721. The van der Waals surface area contributed by atoms with Crippen LogP contribution in [-0.2, 0) is 4.74 Å². The van der Waals surface area contributed by atoms with E-state index in [2.05, 4.69) is 30.8 Å². The van der Waals surface area contributed by atoms with Gasteiger partial charge in [-0.1, -0.05) is 0 Å². The van der Waals surface area contributed by atoms with Crippen LogP contribution in [0.25, 0.3) is 0 Å². The Morgan fingerprint density at radius 3 is 2.59 bits per heavy atom. The van der Waals surface area contributed by atoms with Crippen LogP contribution in [0, 0.1) is 0 Å². The van der Waals surface area contributed by atoms with Gasteiger partial charge in [0.15, 0.2) is 0 Å². The van der Waals surface area contributed by atoms with Crippen molar-refractivity contribution in [3.05, 3.63) is 17.0 Å². The summed E-state index contributed by atoms with van der Waals surface area (Å²) in [5.41, 5.74) is -0.577. The van der Waals surface area contributed by atoms with Crippen molar-refractivity contribution in [1.29, 1.82) is 0 Å². The number of nitrogens with zero attached hydrogens (tertiary/aromatic N) is 4. The predicted molar refractivity (Wildman–Crippen MR) is 103 cm³/mol. The van der Waals surface area contributed by atoms with E-state index in [0.29, 0.717) is 23.5 Å². The lowest BCUT2D eigenvalue weighted by molar-refractivity contribution is -0.0108. The van der Waals surface area contributed by atoms with E-state index in [9.17, 15) is 4.79 Å². The van der Waals surface area contributed by atoms with Gasteiger partial charge in [0, 0.05) is 12.1 Å². The number of halogens is 2. The molecule has 1 saturated carbocycles. The first kappa shape index (κ1) is 18.9. The highest BCUT2D eigenvalue weighted by Gasteiger charge is 2.54. The summed E-state index contributed by atoms with van der Waals surface area (Å²) in [7, 11) is 0. The van der Waals surface area contributed by atoms with Crippen LogP contribution in [0.1, 0.15) is 52.9 Å². The fraction of sp³-hybridized carbons (Fsp3) is 0.737. The maximum Gasteiger partial charge on any atom is 0.410 e. The van der Waals surface area contributed by atoms with Gasteiger partial charge < -0.3 is 9.64 Å². The first-order valence-electron chi connectivity index (χ1n) is 9.66. The molecule has 4 atom stereocenters. The van der Waals surface area contributed by atoms with E-state index in [-0.39, 0.29) is 12.1 Å². The van der Waals surface area contributed by atoms with Gasteiger partial charge >= 0.3 is 6.09 Å². The van der Waals surface area contributed by atoms with Crippen LogP contribution >= 0.6 is 15.9 Å². The molecule has 0 radical (unpaired) electrons.